The number of amides is 1. The normalized spacial score (nSPS) is 21.0. The zero-order valence-electron chi connectivity index (χ0n) is 15.2. The summed E-state index contributed by atoms with van der Waals surface area (Å²) >= 11 is 0. The highest BCUT2D eigenvalue weighted by Crippen LogP contribution is 2.10. The summed E-state index contributed by atoms with van der Waals surface area (Å²) in [5, 5.41) is 2.92. The molecule has 6 nitrogen and oxygen atoms in total. The van der Waals surface area contributed by atoms with Crippen LogP contribution in [0.25, 0.3) is 0 Å². The van der Waals surface area contributed by atoms with Gasteiger partial charge in [0.25, 0.3) is 5.91 Å². The van der Waals surface area contributed by atoms with Gasteiger partial charge in [-0.2, -0.15) is 0 Å². The third-order valence-corrected chi connectivity index (χ3v) is 6.36. The van der Waals surface area contributed by atoms with Gasteiger partial charge in [-0.15, -0.1) is 0 Å². The molecular weight excluding hydrogens is 338 g/mol. The van der Waals surface area contributed by atoms with Crippen molar-refractivity contribution in [1.82, 2.24) is 10.0 Å². The predicted octanol–water partition coefficient (Wildman–Crippen LogP) is 0.562. The third kappa shape index (κ3) is 5.80. The topological polar surface area (TPSA) is 79.7 Å². The number of carbonyl (C=O) groups excluding carboxylic acids is 1. The highest BCUT2D eigenvalue weighted by molar-refractivity contribution is 7.89. The van der Waals surface area contributed by atoms with E-state index in [9.17, 15) is 13.2 Å². The molecule has 1 amide bonds. The minimum atomic E-state index is -3.48. The molecule has 0 aliphatic carbocycles. The van der Waals surface area contributed by atoms with Crippen LogP contribution in [0.2, 0.25) is 0 Å². The number of nitrogens with one attached hydrogen (secondary N) is 3. The van der Waals surface area contributed by atoms with Crippen LogP contribution in [0.1, 0.15) is 49.9 Å². The molecule has 0 radical (unpaired) electrons. The van der Waals surface area contributed by atoms with E-state index >= 15 is 0 Å². The summed E-state index contributed by atoms with van der Waals surface area (Å²) in [6.45, 7) is 7.33. The molecule has 3 N–H and O–H groups in total. The van der Waals surface area contributed by atoms with Crippen LogP contribution in [0.15, 0.2) is 29.2 Å². The zero-order chi connectivity index (χ0) is 18.3. The number of likely N-dealkylation sites (tertiary alicyclic amines) is 1. The van der Waals surface area contributed by atoms with E-state index in [1.54, 1.807) is 24.0 Å². The van der Waals surface area contributed by atoms with Crippen LogP contribution in [0, 0.1) is 0 Å². The molecule has 1 aliphatic rings. The van der Waals surface area contributed by atoms with Crippen molar-refractivity contribution in [2.45, 2.75) is 50.5 Å². The Hall–Kier alpha value is -1.44. The van der Waals surface area contributed by atoms with Gasteiger partial charge in [-0.25, -0.2) is 13.1 Å². The smallest absolute Gasteiger partial charge is 0.251 e. The number of hydrogen-bond donors (Lipinski definition) is 3. The van der Waals surface area contributed by atoms with Crippen LogP contribution >= 0.6 is 0 Å². The number of sulfonamides is 1. The molecule has 7 heteroatoms. The quantitative estimate of drug-likeness (QED) is 0.587. The first-order valence-corrected chi connectivity index (χ1v) is 10.6. The Morgan fingerprint density at radius 3 is 2.60 bits per heavy atom. The zero-order valence-corrected chi connectivity index (χ0v) is 16.0. The minimum Gasteiger partial charge on any atom is -0.352 e. The number of quaternary nitrogens is 1. The van der Waals surface area contributed by atoms with Gasteiger partial charge >= 0.3 is 0 Å². The molecule has 1 heterocycles. The summed E-state index contributed by atoms with van der Waals surface area (Å²) in [6, 6.07) is 6.75. The van der Waals surface area contributed by atoms with Crippen molar-refractivity contribution in [3.63, 3.8) is 0 Å². The largest absolute Gasteiger partial charge is 0.352 e. The molecule has 2 rings (SSSR count). The molecule has 25 heavy (non-hydrogen) atoms. The second kappa shape index (κ2) is 9.31. The Morgan fingerprint density at radius 2 is 1.96 bits per heavy atom. The Bertz CT molecular complexity index is 659. The Kier molecular flexibility index (Phi) is 7.40. The van der Waals surface area contributed by atoms with Gasteiger partial charge in [0, 0.05) is 25.1 Å². The summed E-state index contributed by atoms with van der Waals surface area (Å²) in [6.07, 6.45) is 4.89. The van der Waals surface area contributed by atoms with Gasteiger partial charge in [0.2, 0.25) is 10.0 Å². The molecule has 0 aromatic heterocycles. The van der Waals surface area contributed by atoms with Gasteiger partial charge in [-0.1, -0.05) is 6.92 Å². The molecule has 140 valence electrons. The van der Waals surface area contributed by atoms with Crippen molar-refractivity contribution in [1.29, 1.82) is 0 Å². The highest BCUT2D eigenvalue weighted by atomic mass is 32.2. The lowest BCUT2D eigenvalue weighted by molar-refractivity contribution is -0.928. The fourth-order valence-corrected chi connectivity index (χ4v) is 4.34. The molecule has 1 aliphatic heterocycles. The Labute approximate surface area is 151 Å². The summed E-state index contributed by atoms with van der Waals surface area (Å²) in [7, 11) is -3.48. The molecule has 0 spiro atoms. The molecule has 0 bridgehead atoms. The van der Waals surface area contributed by atoms with Crippen molar-refractivity contribution >= 4 is 15.9 Å². The van der Waals surface area contributed by atoms with Crippen molar-refractivity contribution in [3.8, 4) is 0 Å². The first-order valence-electron chi connectivity index (χ1n) is 9.16. The van der Waals surface area contributed by atoms with Crippen LogP contribution in [0.5, 0.6) is 0 Å². The molecule has 1 fully saturated rings. The first-order chi connectivity index (χ1) is 11.9. The van der Waals surface area contributed by atoms with Crippen molar-refractivity contribution in [2.75, 3.05) is 26.2 Å². The average molecular weight is 369 g/mol. The number of rotatable bonds is 8. The van der Waals surface area contributed by atoms with E-state index in [-0.39, 0.29) is 10.8 Å². The summed E-state index contributed by atoms with van der Waals surface area (Å²) < 4.78 is 26.2. The summed E-state index contributed by atoms with van der Waals surface area (Å²) in [5.41, 5.74) is 0.481. The Morgan fingerprint density at radius 1 is 1.24 bits per heavy atom. The van der Waals surface area contributed by atoms with E-state index < -0.39 is 10.0 Å². The highest BCUT2D eigenvalue weighted by Gasteiger charge is 2.21. The van der Waals surface area contributed by atoms with Gasteiger partial charge < -0.3 is 10.2 Å². The number of hydrogen-bond acceptors (Lipinski definition) is 3. The van der Waals surface area contributed by atoms with Gasteiger partial charge in [-0.3, -0.25) is 4.79 Å². The van der Waals surface area contributed by atoms with E-state index in [0.717, 1.165) is 19.0 Å². The SMILES string of the molecule is CCNS(=O)(=O)c1ccc(C(=O)NCCC[NH+]2CCCC[C@H]2C)cc1. The number of carbonyl (C=O) groups is 1. The van der Waals surface area contributed by atoms with Gasteiger partial charge in [0.05, 0.1) is 24.0 Å². The standard InChI is InChI=1S/C18H29N3O3S/c1-3-20-25(23,24)17-10-8-16(9-11-17)18(22)19-12-6-14-21-13-5-4-7-15(21)2/h8-11,15,20H,3-7,12-14H2,1-2H3,(H,19,22)/p+1/t15-/m1/s1. The molecule has 1 aromatic rings. The second-order valence-electron chi connectivity index (χ2n) is 6.69. The maximum atomic E-state index is 12.2. The predicted molar refractivity (Wildman–Crippen MR) is 98.3 cm³/mol. The minimum absolute atomic E-state index is 0.158. The summed E-state index contributed by atoms with van der Waals surface area (Å²) in [5.74, 6) is -0.158. The first kappa shape index (κ1) is 19.9. The van der Waals surface area contributed by atoms with Gasteiger partial charge in [0.15, 0.2) is 0 Å². The number of piperidine rings is 1. The maximum Gasteiger partial charge on any atom is 0.251 e. The van der Waals surface area contributed by atoms with E-state index in [1.165, 1.54) is 37.9 Å². The van der Waals surface area contributed by atoms with Crippen LogP contribution in [-0.4, -0.2) is 46.5 Å². The lowest BCUT2D eigenvalue weighted by Crippen LogP contribution is -3.16. The van der Waals surface area contributed by atoms with Crippen LogP contribution in [0.4, 0.5) is 0 Å². The van der Waals surface area contributed by atoms with Crippen LogP contribution < -0.4 is 14.9 Å². The molecule has 1 saturated heterocycles. The third-order valence-electron chi connectivity index (χ3n) is 4.80. The van der Waals surface area contributed by atoms with E-state index in [1.807, 2.05) is 0 Å². The maximum absolute atomic E-state index is 12.2. The van der Waals surface area contributed by atoms with E-state index in [0.29, 0.717) is 18.7 Å². The van der Waals surface area contributed by atoms with Crippen molar-refractivity contribution < 1.29 is 18.1 Å². The van der Waals surface area contributed by atoms with E-state index in [4.69, 9.17) is 0 Å². The molecular formula is C18H30N3O3S+. The lowest BCUT2D eigenvalue weighted by Gasteiger charge is -2.30. The molecule has 2 atom stereocenters. The number of benzene rings is 1. The van der Waals surface area contributed by atoms with Crippen molar-refractivity contribution in [2.24, 2.45) is 0 Å². The van der Waals surface area contributed by atoms with Gasteiger partial charge in [-0.05, 0) is 50.5 Å². The average Bonchev–Trinajstić information content (AvgIpc) is 2.60. The fourth-order valence-electron chi connectivity index (χ4n) is 3.30. The molecule has 1 aromatic carbocycles. The molecule has 0 saturated carbocycles. The van der Waals surface area contributed by atoms with Gasteiger partial charge in [0.1, 0.15) is 0 Å². The van der Waals surface area contributed by atoms with E-state index in [2.05, 4.69) is 17.0 Å². The van der Waals surface area contributed by atoms with Crippen LogP contribution in [0.3, 0.4) is 0 Å². The lowest BCUT2D eigenvalue weighted by atomic mass is 10.0. The molecule has 1 unspecified atom stereocenters. The second-order valence-corrected chi connectivity index (χ2v) is 8.46. The summed E-state index contributed by atoms with van der Waals surface area (Å²) in [4.78, 5) is 14.0. The monoisotopic (exact) mass is 368 g/mol. The van der Waals surface area contributed by atoms with Crippen LogP contribution in [-0.2, 0) is 10.0 Å². The Balaban J connectivity index is 1.79. The van der Waals surface area contributed by atoms with Crippen molar-refractivity contribution in [3.05, 3.63) is 29.8 Å². The fraction of sp³-hybridized carbons (Fsp3) is 0.611.